The Balaban J connectivity index is 1.58. The third-order valence-corrected chi connectivity index (χ3v) is 6.76. The summed E-state index contributed by atoms with van der Waals surface area (Å²) in [5.41, 5.74) is 2.61. The smallest absolute Gasteiger partial charge is 0.169 e. The van der Waals surface area contributed by atoms with Gasteiger partial charge in [-0.2, -0.15) is 0 Å². The van der Waals surface area contributed by atoms with Crippen molar-refractivity contribution in [2.45, 2.75) is 116 Å². The van der Waals surface area contributed by atoms with Crippen molar-refractivity contribution < 1.29 is 9.13 Å². The van der Waals surface area contributed by atoms with Crippen LogP contribution in [0.15, 0.2) is 74.4 Å². The highest BCUT2D eigenvalue weighted by molar-refractivity contribution is 5.60. The third kappa shape index (κ3) is 12.9. The number of hydrogen-bond acceptors (Lipinski definition) is 0. The lowest BCUT2D eigenvalue weighted by atomic mass is 10.1. The van der Waals surface area contributed by atoms with Crippen LogP contribution in [-0.2, 0) is 13.1 Å². The first-order chi connectivity index (χ1) is 16.8. The maximum atomic E-state index is 3.79. The van der Waals surface area contributed by atoms with Crippen molar-refractivity contribution >= 4 is 0 Å². The number of aromatic nitrogens is 2. The SMILES string of the molecule is C=CCCCCCCCCC[n+]1ccc(-c2cc[n+](CCCCCCCCCC=C)cc2)cc1. The minimum Gasteiger partial charge on any atom is -0.205 e. The lowest BCUT2D eigenvalue weighted by Gasteiger charge is -2.03. The topological polar surface area (TPSA) is 7.76 Å². The molecule has 0 unspecified atom stereocenters. The number of aryl methyl sites for hydroxylation is 2. The molecule has 2 rings (SSSR count). The fourth-order valence-corrected chi connectivity index (χ4v) is 4.53. The van der Waals surface area contributed by atoms with Crippen molar-refractivity contribution in [3.8, 4) is 11.1 Å². The minimum atomic E-state index is 1.13. The molecule has 0 fully saturated rings. The van der Waals surface area contributed by atoms with E-state index in [9.17, 15) is 0 Å². The van der Waals surface area contributed by atoms with Crippen LogP contribution < -0.4 is 9.13 Å². The fourth-order valence-electron chi connectivity index (χ4n) is 4.53. The molecule has 0 saturated carbocycles. The molecular formula is C32H50N2+2. The molecule has 2 nitrogen and oxygen atoms in total. The van der Waals surface area contributed by atoms with Crippen LogP contribution in [0.2, 0.25) is 0 Å². The maximum absolute atomic E-state index is 3.79. The number of nitrogens with zero attached hydrogens (tertiary/aromatic N) is 2. The van der Waals surface area contributed by atoms with Gasteiger partial charge in [0.05, 0.1) is 0 Å². The van der Waals surface area contributed by atoms with E-state index < -0.39 is 0 Å². The van der Waals surface area contributed by atoms with E-state index in [0.717, 1.165) is 13.1 Å². The lowest BCUT2D eigenvalue weighted by Crippen LogP contribution is -2.33. The van der Waals surface area contributed by atoms with Gasteiger partial charge >= 0.3 is 0 Å². The Bertz CT molecular complexity index is 693. The highest BCUT2D eigenvalue weighted by Crippen LogP contribution is 2.16. The summed E-state index contributed by atoms with van der Waals surface area (Å²) in [6.45, 7) is 9.84. The average Bonchev–Trinajstić information content (AvgIpc) is 2.87. The van der Waals surface area contributed by atoms with Crippen molar-refractivity contribution in [1.82, 2.24) is 0 Å². The van der Waals surface area contributed by atoms with Crippen LogP contribution in [0.3, 0.4) is 0 Å². The molecule has 0 aliphatic carbocycles. The first-order valence-corrected chi connectivity index (χ1v) is 14.0. The summed E-state index contributed by atoms with van der Waals surface area (Å²) < 4.78 is 4.66. The Hall–Kier alpha value is -2.22. The van der Waals surface area contributed by atoms with Crippen molar-refractivity contribution in [2.75, 3.05) is 0 Å². The Morgan fingerprint density at radius 3 is 1.06 bits per heavy atom. The molecule has 0 saturated heterocycles. The summed E-state index contributed by atoms with van der Waals surface area (Å²) in [7, 11) is 0. The van der Waals surface area contributed by atoms with Gasteiger partial charge in [0, 0.05) is 37.1 Å². The molecule has 186 valence electrons. The molecule has 0 radical (unpaired) electrons. The number of unbranched alkanes of at least 4 members (excludes halogenated alkanes) is 14. The van der Waals surface area contributed by atoms with Crippen molar-refractivity contribution in [2.24, 2.45) is 0 Å². The van der Waals surface area contributed by atoms with E-state index >= 15 is 0 Å². The number of hydrogen-bond donors (Lipinski definition) is 0. The van der Waals surface area contributed by atoms with E-state index in [1.54, 1.807) is 0 Å². The van der Waals surface area contributed by atoms with Crippen LogP contribution >= 0.6 is 0 Å². The molecule has 0 atom stereocenters. The second-order valence-electron chi connectivity index (χ2n) is 9.75. The summed E-state index contributed by atoms with van der Waals surface area (Å²) in [6.07, 6.45) is 34.2. The van der Waals surface area contributed by atoms with Crippen LogP contribution in [0.1, 0.15) is 103 Å². The summed E-state index contributed by atoms with van der Waals surface area (Å²) in [5, 5.41) is 0. The van der Waals surface area contributed by atoms with E-state index in [4.69, 9.17) is 0 Å². The van der Waals surface area contributed by atoms with Gasteiger partial charge < -0.3 is 0 Å². The van der Waals surface area contributed by atoms with Gasteiger partial charge in [0.25, 0.3) is 0 Å². The molecule has 0 spiro atoms. The molecular weight excluding hydrogens is 412 g/mol. The molecule has 0 aliphatic rings. The zero-order valence-electron chi connectivity index (χ0n) is 21.8. The van der Waals surface area contributed by atoms with Gasteiger partial charge in [-0.15, -0.1) is 13.2 Å². The van der Waals surface area contributed by atoms with E-state index in [-0.39, 0.29) is 0 Å². The molecule has 0 amide bonds. The van der Waals surface area contributed by atoms with Crippen LogP contribution in [0.5, 0.6) is 0 Å². The van der Waals surface area contributed by atoms with Crippen molar-refractivity contribution in [3.05, 3.63) is 74.4 Å². The third-order valence-electron chi connectivity index (χ3n) is 6.76. The highest BCUT2D eigenvalue weighted by Gasteiger charge is 2.06. The van der Waals surface area contributed by atoms with Gasteiger partial charge in [-0.25, -0.2) is 9.13 Å². The predicted molar refractivity (Wildman–Crippen MR) is 147 cm³/mol. The van der Waals surface area contributed by atoms with Gasteiger partial charge in [-0.1, -0.05) is 63.5 Å². The molecule has 0 bridgehead atoms. The van der Waals surface area contributed by atoms with E-state index in [0.29, 0.717) is 0 Å². The molecule has 2 heteroatoms. The predicted octanol–water partition coefficient (Wildman–Crippen LogP) is 8.54. The first-order valence-electron chi connectivity index (χ1n) is 14.0. The van der Waals surface area contributed by atoms with Gasteiger partial charge in [0.2, 0.25) is 0 Å². The van der Waals surface area contributed by atoms with Crippen LogP contribution in [0.4, 0.5) is 0 Å². The second-order valence-corrected chi connectivity index (χ2v) is 9.75. The fraction of sp³-hybridized carbons (Fsp3) is 0.562. The first kappa shape index (κ1) is 28.0. The summed E-state index contributed by atoms with van der Waals surface area (Å²) in [5.74, 6) is 0. The Morgan fingerprint density at radius 1 is 0.441 bits per heavy atom. The van der Waals surface area contributed by atoms with Gasteiger partial charge in [-0.3, -0.25) is 0 Å². The Kier molecular flexibility index (Phi) is 15.8. The van der Waals surface area contributed by atoms with E-state index in [1.807, 2.05) is 12.2 Å². The molecule has 2 aromatic heterocycles. The molecule has 0 aliphatic heterocycles. The minimum absolute atomic E-state index is 1.13. The number of allylic oxidation sites excluding steroid dienone is 2. The summed E-state index contributed by atoms with van der Waals surface area (Å²) in [4.78, 5) is 0. The number of rotatable bonds is 21. The van der Waals surface area contributed by atoms with Crippen LogP contribution in [-0.4, -0.2) is 0 Å². The molecule has 34 heavy (non-hydrogen) atoms. The second kappa shape index (κ2) is 19.1. The Morgan fingerprint density at radius 2 is 0.735 bits per heavy atom. The summed E-state index contributed by atoms with van der Waals surface area (Å²) in [6, 6.07) is 9.03. The van der Waals surface area contributed by atoms with Gasteiger partial charge in [0.15, 0.2) is 24.8 Å². The zero-order chi connectivity index (χ0) is 24.1. The zero-order valence-corrected chi connectivity index (χ0v) is 21.8. The average molecular weight is 463 g/mol. The van der Waals surface area contributed by atoms with Crippen molar-refractivity contribution in [1.29, 1.82) is 0 Å². The quantitative estimate of drug-likeness (QED) is 0.0997. The van der Waals surface area contributed by atoms with Crippen LogP contribution in [0, 0.1) is 0 Å². The normalized spacial score (nSPS) is 10.9. The lowest BCUT2D eigenvalue weighted by molar-refractivity contribution is -0.697. The van der Waals surface area contributed by atoms with E-state index in [2.05, 4.69) is 71.3 Å². The molecule has 2 heterocycles. The van der Waals surface area contributed by atoms with Gasteiger partial charge in [-0.05, 0) is 49.7 Å². The number of pyridine rings is 2. The highest BCUT2D eigenvalue weighted by atomic mass is 14.9. The van der Waals surface area contributed by atoms with E-state index in [1.165, 1.54) is 114 Å². The molecule has 0 aromatic carbocycles. The Labute approximate surface area is 210 Å². The standard InChI is InChI=1S/C32H50N2/c1-3-5-7-9-11-13-15-17-19-25-33-27-21-31(22-28-33)32-23-29-34(30-24-32)26-20-18-16-14-12-10-8-6-4-2/h3-4,21-24,27-30H,1-2,5-20,25-26H2/q+2. The largest absolute Gasteiger partial charge is 0.205 e. The van der Waals surface area contributed by atoms with Gasteiger partial charge in [0.1, 0.15) is 13.1 Å². The summed E-state index contributed by atoms with van der Waals surface area (Å²) >= 11 is 0. The molecule has 0 N–H and O–H groups in total. The monoisotopic (exact) mass is 462 g/mol. The van der Waals surface area contributed by atoms with Crippen molar-refractivity contribution in [3.63, 3.8) is 0 Å². The van der Waals surface area contributed by atoms with Crippen LogP contribution in [0.25, 0.3) is 11.1 Å². The maximum Gasteiger partial charge on any atom is 0.169 e. The molecule has 2 aromatic rings.